The van der Waals surface area contributed by atoms with Crippen molar-refractivity contribution in [2.24, 2.45) is 0 Å². The zero-order valence-corrected chi connectivity index (χ0v) is 18.2. The van der Waals surface area contributed by atoms with Crippen LogP contribution in [0.5, 0.6) is 5.75 Å². The fourth-order valence-electron chi connectivity index (χ4n) is 3.18. The quantitative estimate of drug-likeness (QED) is 0.618. The van der Waals surface area contributed by atoms with E-state index < -0.39 is 12.1 Å². The van der Waals surface area contributed by atoms with Crippen molar-refractivity contribution in [1.82, 2.24) is 5.32 Å². The van der Waals surface area contributed by atoms with Crippen molar-refractivity contribution >= 4 is 41.0 Å². The molecule has 0 bridgehead atoms. The van der Waals surface area contributed by atoms with E-state index in [0.29, 0.717) is 48.0 Å². The number of methoxy groups -OCH3 is 1. The van der Waals surface area contributed by atoms with E-state index in [1.807, 2.05) is 6.26 Å². The highest BCUT2D eigenvalue weighted by Gasteiger charge is 2.25. The lowest BCUT2D eigenvalue weighted by Crippen LogP contribution is -2.44. The average molecular weight is 444 g/mol. The first-order valence-electron chi connectivity index (χ1n) is 9.81. The molecule has 2 aromatic carbocycles. The maximum atomic E-state index is 13.0. The first-order chi connectivity index (χ1) is 15.0. The third kappa shape index (κ3) is 5.69. The van der Waals surface area contributed by atoms with Gasteiger partial charge in [-0.25, -0.2) is 4.79 Å². The van der Waals surface area contributed by atoms with Gasteiger partial charge in [0.15, 0.2) is 0 Å². The van der Waals surface area contributed by atoms with Gasteiger partial charge in [0, 0.05) is 11.4 Å². The van der Waals surface area contributed by atoms with Gasteiger partial charge in [-0.15, -0.1) is 0 Å². The second-order valence-electron chi connectivity index (χ2n) is 6.81. The first-order valence-corrected chi connectivity index (χ1v) is 11.2. The molecule has 0 radical (unpaired) electrons. The standard InChI is InChI=1S/C22H25N3O5S/c1-29-19-9-4-3-8-17(19)20(26)24-18(10-13-31-2)21(27)23-15-6-5-7-16(14-15)25-11-12-30-22(25)28/h3-9,14,18H,10-13H2,1-2H3,(H,23,27)(H,24,26). The maximum absolute atomic E-state index is 13.0. The molecule has 2 N–H and O–H groups in total. The normalized spacial score (nSPS) is 14.0. The van der Waals surface area contributed by atoms with E-state index in [4.69, 9.17) is 9.47 Å². The zero-order chi connectivity index (χ0) is 22.2. The summed E-state index contributed by atoms with van der Waals surface area (Å²) in [5, 5.41) is 5.65. The molecule has 1 aliphatic rings. The number of rotatable bonds is 9. The Morgan fingerprint density at radius 3 is 2.74 bits per heavy atom. The number of anilines is 2. The van der Waals surface area contributed by atoms with Crippen molar-refractivity contribution in [2.45, 2.75) is 12.5 Å². The third-order valence-corrected chi connectivity index (χ3v) is 5.41. The highest BCUT2D eigenvalue weighted by atomic mass is 32.2. The monoisotopic (exact) mass is 443 g/mol. The molecule has 1 aliphatic heterocycles. The van der Waals surface area contributed by atoms with Gasteiger partial charge in [0.2, 0.25) is 5.91 Å². The van der Waals surface area contributed by atoms with E-state index >= 15 is 0 Å². The van der Waals surface area contributed by atoms with Crippen LogP contribution < -0.4 is 20.3 Å². The number of carbonyl (C=O) groups excluding carboxylic acids is 3. The summed E-state index contributed by atoms with van der Waals surface area (Å²) in [6.07, 6.45) is 1.99. The maximum Gasteiger partial charge on any atom is 0.414 e. The lowest BCUT2D eigenvalue weighted by molar-refractivity contribution is -0.118. The highest BCUT2D eigenvalue weighted by Crippen LogP contribution is 2.23. The summed E-state index contributed by atoms with van der Waals surface area (Å²) in [5.74, 6) is 0.421. The van der Waals surface area contributed by atoms with Gasteiger partial charge in [0.25, 0.3) is 5.91 Å². The minimum absolute atomic E-state index is 0.334. The molecule has 164 valence electrons. The minimum Gasteiger partial charge on any atom is -0.496 e. The van der Waals surface area contributed by atoms with Crippen molar-refractivity contribution in [2.75, 3.05) is 42.5 Å². The van der Waals surface area contributed by atoms with Crippen molar-refractivity contribution < 1.29 is 23.9 Å². The number of thioether (sulfide) groups is 1. The van der Waals surface area contributed by atoms with Crippen LogP contribution in [0.2, 0.25) is 0 Å². The minimum atomic E-state index is -0.731. The second kappa shape index (κ2) is 10.7. The van der Waals surface area contributed by atoms with Crippen LogP contribution >= 0.6 is 11.8 Å². The van der Waals surface area contributed by atoms with Gasteiger partial charge in [0.1, 0.15) is 18.4 Å². The van der Waals surface area contributed by atoms with Gasteiger partial charge < -0.3 is 20.1 Å². The Morgan fingerprint density at radius 2 is 2.03 bits per heavy atom. The Balaban J connectivity index is 1.72. The lowest BCUT2D eigenvalue weighted by atomic mass is 10.1. The van der Waals surface area contributed by atoms with E-state index in [2.05, 4.69) is 10.6 Å². The van der Waals surface area contributed by atoms with E-state index in [1.54, 1.807) is 60.3 Å². The van der Waals surface area contributed by atoms with Crippen LogP contribution in [-0.4, -0.2) is 56.2 Å². The largest absolute Gasteiger partial charge is 0.496 e. The van der Waals surface area contributed by atoms with Crippen LogP contribution in [0.15, 0.2) is 48.5 Å². The highest BCUT2D eigenvalue weighted by molar-refractivity contribution is 7.98. The predicted molar refractivity (Wildman–Crippen MR) is 121 cm³/mol. The summed E-state index contributed by atoms with van der Waals surface area (Å²) in [7, 11) is 1.49. The van der Waals surface area contributed by atoms with Crippen LogP contribution in [-0.2, 0) is 9.53 Å². The summed E-state index contributed by atoms with van der Waals surface area (Å²) in [4.78, 5) is 39.1. The molecular weight excluding hydrogens is 418 g/mol. The smallest absolute Gasteiger partial charge is 0.414 e. The van der Waals surface area contributed by atoms with E-state index in [1.165, 1.54) is 12.0 Å². The fraction of sp³-hybridized carbons (Fsp3) is 0.318. The lowest BCUT2D eigenvalue weighted by Gasteiger charge is -2.20. The molecule has 0 saturated carbocycles. The molecule has 1 unspecified atom stereocenters. The fourth-order valence-corrected chi connectivity index (χ4v) is 3.65. The molecule has 1 atom stereocenters. The summed E-state index contributed by atoms with van der Waals surface area (Å²) in [5.41, 5.74) is 1.53. The van der Waals surface area contributed by atoms with Crippen LogP contribution in [0.4, 0.5) is 16.2 Å². The Kier molecular flexibility index (Phi) is 7.77. The summed E-state index contributed by atoms with van der Waals surface area (Å²) in [6.45, 7) is 0.794. The van der Waals surface area contributed by atoms with Gasteiger partial charge in [-0.2, -0.15) is 11.8 Å². The van der Waals surface area contributed by atoms with Crippen LogP contribution in [0.1, 0.15) is 16.8 Å². The third-order valence-electron chi connectivity index (χ3n) is 4.77. The molecule has 8 nitrogen and oxygen atoms in total. The number of hydrogen-bond donors (Lipinski definition) is 2. The zero-order valence-electron chi connectivity index (χ0n) is 17.4. The molecule has 9 heteroatoms. The number of benzene rings is 2. The van der Waals surface area contributed by atoms with Gasteiger partial charge in [-0.05, 0) is 48.8 Å². The number of nitrogens with zero attached hydrogens (tertiary/aromatic N) is 1. The molecule has 31 heavy (non-hydrogen) atoms. The predicted octanol–water partition coefficient (Wildman–Crippen LogP) is 3.14. The molecule has 1 heterocycles. The molecule has 0 aromatic heterocycles. The molecule has 3 rings (SSSR count). The summed E-state index contributed by atoms with van der Waals surface area (Å²) in [6, 6.07) is 13.1. The Bertz CT molecular complexity index is 952. The number of nitrogens with one attached hydrogen (secondary N) is 2. The van der Waals surface area contributed by atoms with E-state index in [9.17, 15) is 14.4 Å². The van der Waals surface area contributed by atoms with Crippen molar-refractivity contribution in [3.05, 3.63) is 54.1 Å². The molecule has 0 aliphatic carbocycles. The van der Waals surface area contributed by atoms with Crippen LogP contribution in [0.3, 0.4) is 0 Å². The van der Waals surface area contributed by atoms with Gasteiger partial charge in [-0.3, -0.25) is 14.5 Å². The number of ether oxygens (including phenoxy) is 2. The molecule has 1 saturated heterocycles. The van der Waals surface area contributed by atoms with Crippen molar-refractivity contribution in [3.63, 3.8) is 0 Å². The molecule has 3 amide bonds. The number of hydrogen-bond acceptors (Lipinski definition) is 6. The molecule has 2 aromatic rings. The summed E-state index contributed by atoms with van der Waals surface area (Å²) >= 11 is 1.59. The Labute approximate surface area is 185 Å². The topological polar surface area (TPSA) is 97.0 Å². The van der Waals surface area contributed by atoms with Gasteiger partial charge in [-0.1, -0.05) is 18.2 Å². The first kappa shape index (κ1) is 22.5. The van der Waals surface area contributed by atoms with Crippen LogP contribution in [0.25, 0.3) is 0 Å². The van der Waals surface area contributed by atoms with E-state index in [0.717, 1.165) is 0 Å². The summed E-state index contributed by atoms with van der Waals surface area (Å²) < 4.78 is 10.2. The molecule has 0 spiro atoms. The number of amides is 3. The van der Waals surface area contributed by atoms with Crippen molar-refractivity contribution in [3.8, 4) is 5.75 Å². The van der Waals surface area contributed by atoms with Gasteiger partial charge >= 0.3 is 6.09 Å². The van der Waals surface area contributed by atoms with E-state index in [-0.39, 0.29) is 11.8 Å². The Hall–Kier alpha value is -3.20. The average Bonchev–Trinajstić information content (AvgIpc) is 3.22. The number of carbonyl (C=O) groups is 3. The SMILES string of the molecule is COc1ccccc1C(=O)NC(CCSC)C(=O)Nc1cccc(N2CCOC2=O)c1. The number of para-hydroxylation sites is 1. The Morgan fingerprint density at radius 1 is 1.23 bits per heavy atom. The molecular formula is C22H25N3O5S. The van der Waals surface area contributed by atoms with Crippen molar-refractivity contribution in [1.29, 1.82) is 0 Å². The molecule has 1 fully saturated rings. The number of cyclic esters (lactones) is 1. The van der Waals surface area contributed by atoms with Crippen LogP contribution in [0, 0.1) is 0 Å². The van der Waals surface area contributed by atoms with Gasteiger partial charge in [0.05, 0.1) is 19.2 Å². The second-order valence-corrected chi connectivity index (χ2v) is 7.80.